The third kappa shape index (κ3) is 5.58. The average Bonchev–Trinajstić information content (AvgIpc) is 2.84. The number of hydrogen-bond donors (Lipinski definition) is 2. The molecule has 33 heavy (non-hydrogen) atoms. The van der Waals surface area contributed by atoms with Crippen molar-refractivity contribution >= 4 is 27.8 Å². The molecule has 3 rings (SSSR count). The maximum Gasteiger partial charge on any atom is 0.271 e. The summed E-state index contributed by atoms with van der Waals surface area (Å²) < 4.78 is 32.3. The van der Waals surface area contributed by atoms with Crippen molar-refractivity contribution in [2.24, 2.45) is 5.10 Å². The standard InChI is InChI=1S/C24H23N3O5S/c1-3-15-27(33(30,31)21-7-5-4-6-8-21)20-12-10-19(11-13-20)24(29)26-25-17-18-9-14-22(28)23(16-18)32-2/h3-14,16-17,28H,1,15H2,2H3,(H,26,29)/b25-17-. The molecular weight excluding hydrogens is 442 g/mol. The van der Waals surface area contributed by atoms with Crippen LogP contribution in [0.4, 0.5) is 5.69 Å². The number of carbonyl (C=O) groups excluding carboxylic acids is 1. The fourth-order valence-electron chi connectivity index (χ4n) is 2.96. The molecule has 0 fully saturated rings. The van der Waals surface area contributed by atoms with Gasteiger partial charge in [0, 0.05) is 5.56 Å². The Morgan fingerprint density at radius 2 is 1.82 bits per heavy atom. The Morgan fingerprint density at radius 1 is 1.12 bits per heavy atom. The van der Waals surface area contributed by atoms with E-state index in [0.29, 0.717) is 16.8 Å². The lowest BCUT2D eigenvalue weighted by molar-refractivity contribution is 0.0955. The van der Waals surface area contributed by atoms with Crippen molar-refractivity contribution in [3.8, 4) is 11.5 Å². The van der Waals surface area contributed by atoms with Crippen molar-refractivity contribution in [1.82, 2.24) is 5.43 Å². The first-order valence-corrected chi connectivity index (χ1v) is 11.3. The van der Waals surface area contributed by atoms with Crippen molar-refractivity contribution in [1.29, 1.82) is 0 Å². The van der Waals surface area contributed by atoms with E-state index in [0.717, 1.165) is 0 Å². The minimum atomic E-state index is -3.79. The molecular formula is C24H23N3O5S. The minimum Gasteiger partial charge on any atom is -0.504 e. The minimum absolute atomic E-state index is 0.00134. The van der Waals surface area contributed by atoms with E-state index in [1.165, 1.54) is 54.0 Å². The number of methoxy groups -OCH3 is 1. The van der Waals surface area contributed by atoms with Gasteiger partial charge in [-0.3, -0.25) is 9.10 Å². The highest BCUT2D eigenvalue weighted by molar-refractivity contribution is 7.92. The zero-order valence-electron chi connectivity index (χ0n) is 17.9. The molecule has 0 spiro atoms. The summed E-state index contributed by atoms with van der Waals surface area (Å²) in [6.45, 7) is 3.72. The van der Waals surface area contributed by atoms with Crippen molar-refractivity contribution < 1.29 is 23.1 Å². The number of hydrogen-bond acceptors (Lipinski definition) is 6. The van der Waals surface area contributed by atoms with Crippen molar-refractivity contribution in [2.75, 3.05) is 18.0 Å². The number of ether oxygens (including phenoxy) is 1. The van der Waals surface area contributed by atoms with E-state index in [4.69, 9.17) is 4.74 Å². The lowest BCUT2D eigenvalue weighted by atomic mass is 10.2. The van der Waals surface area contributed by atoms with Gasteiger partial charge in [0.1, 0.15) is 0 Å². The van der Waals surface area contributed by atoms with Crippen LogP contribution in [-0.2, 0) is 10.0 Å². The number of aromatic hydroxyl groups is 1. The summed E-state index contributed by atoms with van der Waals surface area (Å²) in [7, 11) is -2.36. The number of benzene rings is 3. The number of phenols is 1. The van der Waals surface area contributed by atoms with Gasteiger partial charge in [0.15, 0.2) is 11.5 Å². The molecule has 0 heterocycles. The van der Waals surface area contributed by atoms with Gasteiger partial charge in [0.2, 0.25) is 0 Å². The highest BCUT2D eigenvalue weighted by atomic mass is 32.2. The van der Waals surface area contributed by atoms with Gasteiger partial charge in [-0.2, -0.15) is 5.10 Å². The molecule has 0 aromatic heterocycles. The summed E-state index contributed by atoms with van der Waals surface area (Å²) in [6.07, 6.45) is 2.90. The summed E-state index contributed by atoms with van der Waals surface area (Å²) in [5.41, 5.74) is 3.72. The number of nitrogens with zero attached hydrogens (tertiary/aromatic N) is 2. The SMILES string of the molecule is C=CCN(c1ccc(C(=O)N/N=C\c2ccc(O)c(OC)c2)cc1)S(=O)(=O)c1ccccc1. The van der Waals surface area contributed by atoms with Gasteiger partial charge in [-0.15, -0.1) is 6.58 Å². The quantitative estimate of drug-likeness (QED) is 0.285. The Bertz CT molecular complexity index is 1260. The predicted molar refractivity (Wildman–Crippen MR) is 127 cm³/mol. The molecule has 0 radical (unpaired) electrons. The zero-order valence-corrected chi connectivity index (χ0v) is 18.7. The summed E-state index contributed by atoms with van der Waals surface area (Å²) in [6, 6.07) is 18.9. The number of phenolic OH excluding ortho intramolecular Hbond substituents is 1. The number of carbonyl (C=O) groups is 1. The molecule has 0 aliphatic carbocycles. The maximum atomic E-state index is 13.0. The fraction of sp³-hybridized carbons (Fsp3) is 0.0833. The first-order valence-electron chi connectivity index (χ1n) is 9.86. The average molecular weight is 466 g/mol. The highest BCUT2D eigenvalue weighted by Gasteiger charge is 2.23. The molecule has 2 N–H and O–H groups in total. The predicted octanol–water partition coefficient (Wildman–Crippen LogP) is 3.55. The number of rotatable bonds is 9. The second-order valence-electron chi connectivity index (χ2n) is 6.82. The topological polar surface area (TPSA) is 108 Å². The third-order valence-electron chi connectivity index (χ3n) is 4.63. The van der Waals surface area contributed by atoms with Gasteiger partial charge in [-0.1, -0.05) is 24.3 Å². The Labute approximate surface area is 192 Å². The zero-order chi connectivity index (χ0) is 23.8. The van der Waals surface area contributed by atoms with Crippen molar-refractivity contribution in [2.45, 2.75) is 4.90 Å². The van der Waals surface area contributed by atoms with E-state index in [9.17, 15) is 18.3 Å². The normalized spacial score (nSPS) is 11.2. The lowest BCUT2D eigenvalue weighted by Gasteiger charge is -2.23. The van der Waals surface area contributed by atoms with Gasteiger partial charge in [0.25, 0.3) is 15.9 Å². The van der Waals surface area contributed by atoms with Gasteiger partial charge >= 0.3 is 0 Å². The molecule has 170 valence electrons. The van der Waals surface area contributed by atoms with E-state index < -0.39 is 15.9 Å². The number of nitrogens with one attached hydrogen (secondary N) is 1. The van der Waals surface area contributed by atoms with Crippen LogP contribution in [0.15, 0.2) is 95.4 Å². The van der Waals surface area contributed by atoms with E-state index in [1.807, 2.05) is 0 Å². The van der Waals surface area contributed by atoms with Crippen LogP contribution >= 0.6 is 0 Å². The van der Waals surface area contributed by atoms with Crippen LogP contribution in [0.3, 0.4) is 0 Å². The van der Waals surface area contributed by atoms with Crippen LogP contribution in [0, 0.1) is 0 Å². The van der Waals surface area contributed by atoms with Crippen LogP contribution in [-0.4, -0.2) is 39.3 Å². The Morgan fingerprint density at radius 3 is 2.45 bits per heavy atom. The fourth-order valence-corrected chi connectivity index (χ4v) is 4.42. The second kappa shape index (κ2) is 10.5. The number of amides is 1. The Hall–Kier alpha value is -4.11. The summed E-state index contributed by atoms with van der Waals surface area (Å²) in [5, 5.41) is 13.5. The number of sulfonamides is 1. The molecule has 0 saturated carbocycles. The molecule has 0 unspecified atom stereocenters. The number of anilines is 1. The molecule has 3 aromatic rings. The molecule has 0 bridgehead atoms. The van der Waals surface area contributed by atoms with Crippen LogP contribution in [0.2, 0.25) is 0 Å². The van der Waals surface area contributed by atoms with Crippen LogP contribution in [0.1, 0.15) is 15.9 Å². The molecule has 0 aliphatic rings. The Kier molecular flexibility index (Phi) is 7.47. The van der Waals surface area contributed by atoms with Crippen molar-refractivity contribution in [3.05, 3.63) is 96.6 Å². The molecule has 0 saturated heterocycles. The first-order chi connectivity index (χ1) is 15.9. The third-order valence-corrected chi connectivity index (χ3v) is 6.44. The molecule has 0 aliphatic heterocycles. The molecule has 1 amide bonds. The van der Waals surface area contributed by atoms with Gasteiger partial charge in [0.05, 0.1) is 30.5 Å². The summed E-state index contributed by atoms with van der Waals surface area (Å²) in [5.74, 6) is -0.182. The second-order valence-corrected chi connectivity index (χ2v) is 8.68. The van der Waals surface area contributed by atoms with Gasteiger partial charge in [-0.25, -0.2) is 13.8 Å². The largest absolute Gasteiger partial charge is 0.504 e. The van der Waals surface area contributed by atoms with E-state index in [-0.39, 0.29) is 22.9 Å². The van der Waals surface area contributed by atoms with Crippen LogP contribution in [0.5, 0.6) is 11.5 Å². The van der Waals surface area contributed by atoms with E-state index in [2.05, 4.69) is 17.1 Å². The molecule has 3 aromatic carbocycles. The Balaban J connectivity index is 1.74. The van der Waals surface area contributed by atoms with Crippen LogP contribution < -0.4 is 14.5 Å². The highest BCUT2D eigenvalue weighted by Crippen LogP contribution is 2.26. The monoisotopic (exact) mass is 465 g/mol. The van der Waals surface area contributed by atoms with Crippen LogP contribution in [0.25, 0.3) is 0 Å². The molecule has 9 heteroatoms. The van der Waals surface area contributed by atoms with E-state index in [1.54, 1.807) is 42.5 Å². The van der Waals surface area contributed by atoms with Gasteiger partial charge < -0.3 is 9.84 Å². The van der Waals surface area contributed by atoms with E-state index >= 15 is 0 Å². The molecule has 8 nitrogen and oxygen atoms in total. The summed E-state index contributed by atoms with van der Waals surface area (Å²) in [4.78, 5) is 12.6. The van der Waals surface area contributed by atoms with Gasteiger partial charge in [-0.05, 0) is 60.2 Å². The van der Waals surface area contributed by atoms with Crippen molar-refractivity contribution in [3.63, 3.8) is 0 Å². The number of hydrazone groups is 1. The molecule has 0 atom stereocenters. The maximum absolute atomic E-state index is 13.0. The lowest BCUT2D eigenvalue weighted by Crippen LogP contribution is -2.31. The first kappa shape index (κ1) is 23.6. The summed E-state index contributed by atoms with van der Waals surface area (Å²) >= 11 is 0. The smallest absolute Gasteiger partial charge is 0.271 e.